The highest BCUT2D eigenvalue weighted by atomic mass is 79.9. The molecule has 3 aromatic carbocycles. The summed E-state index contributed by atoms with van der Waals surface area (Å²) in [6.45, 7) is 4.65. The van der Waals surface area contributed by atoms with Gasteiger partial charge in [0.05, 0.1) is 3.79 Å². The van der Waals surface area contributed by atoms with Crippen LogP contribution in [0.5, 0.6) is 0 Å². The van der Waals surface area contributed by atoms with Crippen molar-refractivity contribution in [1.82, 2.24) is 0 Å². The summed E-state index contributed by atoms with van der Waals surface area (Å²) in [4.78, 5) is 0. The number of halogens is 1. The Balaban J connectivity index is 1.37. The van der Waals surface area contributed by atoms with Crippen LogP contribution < -0.4 is 0 Å². The van der Waals surface area contributed by atoms with Gasteiger partial charge in [-0.15, -0.1) is 11.3 Å². The predicted molar refractivity (Wildman–Crippen MR) is 134 cm³/mol. The number of hydrogen-bond donors (Lipinski definition) is 0. The minimum Gasteiger partial charge on any atom is -0.128 e. The highest BCUT2D eigenvalue weighted by Crippen LogP contribution is 2.49. The molecule has 0 unspecified atom stereocenters. The smallest absolute Gasteiger partial charge is 0.0711 e. The molecule has 0 amide bonds. The number of fused-ring (bicyclic) bond motifs is 5. The summed E-state index contributed by atoms with van der Waals surface area (Å²) < 4.78 is 2.63. The summed E-state index contributed by atoms with van der Waals surface area (Å²) in [5.41, 5.74) is 13.5. The van der Waals surface area contributed by atoms with E-state index in [4.69, 9.17) is 0 Å². The molecule has 2 aliphatic carbocycles. The minimum absolute atomic E-state index is 0.502. The van der Waals surface area contributed by atoms with E-state index in [0.717, 1.165) is 12.8 Å². The molecule has 0 aliphatic heterocycles. The number of rotatable bonds is 3. The number of benzene rings is 3. The zero-order valence-electron chi connectivity index (χ0n) is 17.3. The van der Waals surface area contributed by atoms with Gasteiger partial charge in [-0.05, 0) is 111 Å². The molecule has 30 heavy (non-hydrogen) atoms. The second kappa shape index (κ2) is 6.93. The molecule has 2 aliphatic rings. The van der Waals surface area contributed by atoms with Gasteiger partial charge in [-0.25, -0.2) is 0 Å². The molecule has 1 aromatic heterocycles. The Morgan fingerprint density at radius 3 is 2.27 bits per heavy atom. The van der Waals surface area contributed by atoms with Gasteiger partial charge in [0.2, 0.25) is 0 Å². The van der Waals surface area contributed by atoms with Crippen molar-refractivity contribution in [1.29, 1.82) is 0 Å². The van der Waals surface area contributed by atoms with Crippen molar-refractivity contribution in [2.45, 2.75) is 39.0 Å². The summed E-state index contributed by atoms with van der Waals surface area (Å²) in [6, 6.07) is 22.7. The summed E-state index contributed by atoms with van der Waals surface area (Å²) in [6.07, 6.45) is 3.42. The van der Waals surface area contributed by atoms with Gasteiger partial charge < -0.3 is 0 Å². The third-order valence-electron chi connectivity index (χ3n) is 7.12. The zero-order valence-corrected chi connectivity index (χ0v) is 19.7. The molecule has 0 fully saturated rings. The van der Waals surface area contributed by atoms with E-state index in [1.54, 1.807) is 16.7 Å². The average molecular weight is 471 g/mol. The Hall–Kier alpha value is -2.16. The molecule has 148 valence electrons. The van der Waals surface area contributed by atoms with Crippen LogP contribution in [0.4, 0.5) is 0 Å². The molecular weight excluding hydrogens is 448 g/mol. The van der Waals surface area contributed by atoms with Crippen molar-refractivity contribution < 1.29 is 0 Å². The van der Waals surface area contributed by atoms with E-state index in [-0.39, 0.29) is 0 Å². The van der Waals surface area contributed by atoms with Crippen LogP contribution in [-0.4, -0.2) is 0 Å². The molecule has 0 nitrogen and oxygen atoms in total. The normalized spacial score (nSPS) is 15.0. The molecule has 6 rings (SSSR count). The largest absolute Gasteiger partial charge is 0.128 e. The van der Waals surface area contributed by atoms with Crippen LogP contribution in [0.25, 0.3) is 26.8 Å². The minimum atomic E-state index is 0.502. The average Bonchev–Trinajstić information content (AvgIpc) is 3.39. The fourth-order valence-electron chi connectivity index (χ4n) is 5.66. The highest BCUT2D eigenvalue weighted by Gasteiger charge is 2.29. The lowest BCUT2D eigenvalue weighted by Gasteiger charge is -2.16. The van der Waals surface area contributed by atoms with E-state index >= 15 is 0 Å². The van der Waals surface area contributed by atoms with Crippen LogP contribution in [0.2, 0.25) is 0 Å². The van der Waals surface area contributed by atoms with Gasteiger partial charge in [0.25, 0.3) is 0 Å². The maximum atomic E-state index is 3.69. The van der Waals surface area contributed by atoms with E-state index in [9.17, 15) is 0 Å². The van der Waals surface area contributed by atoms with Crippen LogP contribution >= 0.6 is 27.3 Å². The third kappa shape index (κ3) is 2.70. The topological polar surface area (TPSA) is 0 Å². The molecule has 0 spiro atoms. The first-order valence-electron chi connectivity index (χ1n) is 10.7. The Kier molecular flexibility index (Phi) is 4.30. The maximum absolute atomic E-state index is 3.69. The lowest BCUT2D eigenvalue weighted by molar-refractivity contribution is 0.750. The van der Waals surface area contributed by atoms with E-state index in [1.165, 1.54) is 53.7 Å². The van der Waals surface area contributed by atoms with E-state index in [2.05, 4.69) is 90.4 Å². The Bertz CT molecular complexity index is 1310. The number of thiophene rings is 1. The van der Waals surface area contributed by atoms with Crippen LogP contribution in [0.3, 0.4) is 0 Å². The maximum Gasteiger partial charge on any atom is 0.0711 e. The molecule has 1 heterocycles. The summed E-state index contributed by atoms with van der Waals surface area (Å²) in [7, 11) is 0. The SMILES string of the molecule is CC1=C(CCC2c3ccccc3-c3ccccc32)c2cc3sc(Br)cc3c(C)c2C1. The lowest BCUT2D eigenvalue weighted by atomic mass is 9.88. The molecule has 0 bridgehead atoms. The first kappa shape index (κ1) is 18.6. The summed E-state index contributed by atoms with van der Waals surface area (Å²) in [5, 5.41) is 1.42. The van der Waals surface area contributed by atoms with Crippen molar-refractivity contribution in [2.75, 3.05) is 0 Å². The van der Waals surface area contributed by atoms with Crippen molar-refractivity contribution in [3.63, 3.8) is 0 Å². The van der Waals surface area contributed by atoms with Crippen molar-refractivity contribution in [3.05, 3.63) is 97.8 Å². The Labute approximate surface area is 190 Å². The molecule has 4 aromatic rings. The van der Waals surface area contributed by atoms with Gasteiger partial charge in [-0.1, -0.05) is 54.1 Å². The quantitative estimate of drug-likeness (QED) is 0.280. The first-order chi connectivity index (χ1) is 14.6. The Morgan fingerprint density at radius 2 is 1.57 bits per heavy atom. The second-order valence-corrected chi connectivity index (χ2v) is 11.2. The number of hydrogen-bond acceptors (Lipinski definition) is 1. The molecule has 0 saturated carbocycles. The zero-order chi connectivity index (χ0) is 20.4. The summed E-state index contributed by atoms with van der Waals surface area (Å²) in [5.74, 6) is 0.502. The van der Waals surface area contributed by atoms with Crippen molar-refractivity contribution in [2.24, 2.45) is 0 Å². The van der Waals surface area contributed by atoms with Gasteiger partial charge in [0.1, 0.15) is 0 Å². The van der Waals surface area contributed by atoms with E-state index in [0.29, 0.717) is 5.92 Å². The van der Waals surface area contributed by atoms with Gasteiger partial charge in [-0.2, -0.15) is 0 Å². The molecular formula is C28H23BrS. The Morgan fingerprint density at radius 1 is 0.900 bits per heavy atom. The first-order valence-corrected chi connectivity index (χ1v) is 12.3. The van der Waals surface area contributed by atoms with Crippen LogP contribution in [0, 0.1) is 6.92 Å². The van der Waals surface area contributed by atoms with Gasteiger partial charge in [0, 0.05) is 10.6 Å². The van der Waals surface area contributed by atoms with E-state index < -0.39 is 0 Å². The predicted octanol–water partition coefficient (Wildman–Crippen LogP) is 8.89. The second-order valence-electron chi connectivity index (χ2n) is 8.69. The third-order valence-corrected chi connectivity index (χ3v) is 8.70. The molecule has 0 saturated heterocycles. The fourth-order valence-corrected chi connectivity index (χ4v) is 7.30. The number of allylic oxidation sites excluding steroid dienone is 2. The van der Waals surface area contributed by atoms with Crippen molar-refractivity contribution in [3.8, 4) is 11.1 Å². The van der Waals surface area contributed by atoms with Gasteiger partial charge in [-0.3, -0.25) is 0 Å². The van der Waals surface area contributed by atoms with Crippen molar-refractivity contribution >= 4 is 42.9 Å². The lowest BCUT2D eigenvalue weighted by Crippen LogP contribution is -1.98. The van der Waals surface area contributed by atoms with Gasteiger partial charge >= 0.3 is 0 Å². The molecule has 0 N–H and O–H groups in total. The van der Waals surface area contributed by atoms with Crippen LogP contribution in [-0.2, 0) is 6.42 Å². The van der Waals surface area contributed by atoms with Crippen LogP contribution in [0.1, 0.15) is 53.5 Å². The molecule has 0 atom stereocenters. The van der Waals surface area contributed by atoms with Gasteiger partial charge in [0.15, 0.2) is 0 Å². The standard InChI is InChI=1S/C28H23BrS/c1-16-13-24-17(2)25-15-28(29)30-27(25)14-26(24)18(16)11-12-23-21-9-5-3-7-19(21)20-8-4-6-10-22(20)23/h3-10,14-15,23H,11-13H2,1-2H3. The number of aryl methyl sites for hydroxylation is 1. The molecule has 2 heteroatoms. The van der Waals surface area contributed by atoms with E-state index in [1.807, 2.05) is 11.3 Å². The van der Waals surface area contributed by atoms with Crippen LogP contribution in [0.15, 0.2) is 70.0 Å². The molecule has 0 radical (unpaired) electrons. The summed E-state index contributed by atoms with van der Waals surface area (Å²) >= 11 is 5.54. The monoisotopic (exact) mass is 470 g/mol. The fraction of sp³-hybridized carbons (Fsp3) is 0.214. The highest BCUT2D eigenvalue weighted by molar-refractivity contribution is 9.11.